The van der Waals surface area contributed by atoms with Crippen molar-refractivity contribution in [2.75, 3.05) is 7.05 Å². The van der Waals surface area contributed by atoms with Crippen molar-refractivity contribution in [2.45, 2.75) is 49.9 Å². The topological polar surface area (TPSA) is 107 Å². The number of nitrogens with zero attached hydrogens (tertiary/aromatic N) is 5. The van der Waals surface area contributed by atoms with Crippen LogP contribution < -0.4 is 0 Å². The van der Waals surface area contributed by atoms with Crippen molar-refractivity contribution in [3.8, 4) is 6.07 Å². The molecule has 3 heterocycles. The Balaban J connectivity index is 2.30. The Bertz CT molecular complexity index is 980. The Kier molecular flexibility index (Phi) is 5.50. The van der Waals surface area contributed by atoms with Crippen LogP contribution >= 0.6 is 23.5 Å². The molecule has 2 aliphatic heterocycles. The number of nitriles is 1. The highest BCUT2D eigenvalue weighted by Crippen LogP contribution is 2.62. The Labute approximate surface area is 184 Å². The van der Waals surface area contributed by atoms with E-state index in [1.165, 1.54) is 34.8 Å². The molecule has 4 atom stereocenters. The van der Waals surface area contributed by atoms with Gasteiger partial charge in [-0.2, -0.15) is 5.26 Å². The summed E-state index contributed by atoms with van der Waals surface area (Å²) >= 11 is 1.98. The quantitative estimate of drug-likeness (QED) is 0.696. The predicted octanol–water partition coefficient (Wildman–Crippen LogP) is 2.71. The van der Waals surface area contributed by atoms with E-state index in [0.29, 0.717) is 10.5 Å². The molecular weight excluding hydrogens is 422 g/mol. The van der Waals surface area contributed by atoms with Gasteiger partial charge in [0.25, 0.3) is 11.8 Å². The Morgan fingerprint density at radius 3 is 2.33 bits per heavy atom. The molecule has 0 spiro atoms. The number of hydrogen-bond donors (Lipinski definition) is 0. The van der Waals surface area contributed by atoms with Gasteiger partial charge in [-0.25, -0.2) is 9.97 Å². The minimum absolute atomic E-state index is 0.0169. The van der Waals surface area contributed by atoms with Gasteiger partial charge in [0, 0.05) is 38.3 Å². The first-order valence-electron chi connectivity index (χ1n) is 9.25. The Hall–Kier alpha value is -2.38. The third kappa shape index (κ3) is 3.11. The first-order chi connectivity index (χ1) is 13.9. The van der Waals surface area contributed by atoms with E-state index in [-0.39, 0.29) is 23.4 Å². The van der Waals surface area contributed by atoms with Crippen molar-refractivity contribution >= 4 is 40.5 Å². The summed E-state index contributed by atoms with van der Waals surface area (Å²) in [7, 11) is 1.55. The van der Waals surface area contributed by atoms with Gasteiger partial charge in [-0.05, 0) is 37.4 Å². The van der Waals surface area contributed by atoms with Gasteiger partial charge < -0.3 is 9.80 Å². The highest BCUT2D eigenvalue weighted by atomic mass is 32.2. The molecule has 30 heavy (non-hydrogen) atoms. The maximum atomic E-state index is 14.0. The maximum absolute atomic E-state index is 14.0. The zero-order valence-corrected chi connectivity index (χ0v) is 19.1. The summed E-state index contributed by atoms with van der Waals surface area (Å²) < 4.78 is 0. The van der Waals surface area contributed by atoms with Crippen LogP contribution in [0.3, 0.4) is 0 Å². The molecule has 2 amide bonds. The van der Waals surface area contributed by atoms with Gasteiger partial charge in [0.1, 0.15) is 6.33 Å². The minimum Gasteiger partial charge on any atom is -0.320 e. The number of hydrogen-bond acceptors (Lipinski definition) is 8. The summed E-state index contributed by atoms with van der Waals surface area (Å²) in [5.41, 5.74) is -0.584. The monoisotopic (exact) mass is 445 g/mol. The molecule has 3 rings (SSSR count). The number of carbonyl (C=O) groups excluding carboxylic acids is 3. The third-order valence-electron chi connectivity index (χ3n) is 5.59. The molecule has 2 fully saturated rings. The smallest absolute Gasteiger partial charge is 0.261 e. The van der Waals surface area contributed by atoms with Gasteiger partial charge >= 0.3 is 0 Å². The lowest BCUT2D eigenvalue weighted by atomic mass is 9.80. The van der Waals surface area contributed by atoms with E-state index in [4.69, 9.17) is 0 Å². The first kappa shape index (κ1) is 22.3. The lowest BCUT2D eigenvalue weighted by Crippen LogP contribution is -2.71. The van der Waals surface area contributed by atoms with Gasteiger partial charge in [0.15, 0.2) is 14.9 Å². The number of fused-ring (bicyclic) bond motifs is 1. The zero-order chi connectivity index (χ0) is 22.5. The van der Waals surface area contributed by atoms with Crippen LogP contribution in [0.5, 0.6) is 0 Å². The van der Waals surface area contributed by atoms with Crippen LogP contribution in [0.25, 0.3) is 0 Å². The van der Waals surface area contributed by atoms with Gasteiger partial charge in [0.2, 0.25) is 0 Å². The summed E-state index contributed by atoms with van der Waals surface area (Å²) in [5, 5.41) is 9.79. The number of allylic oxidation sites excluding steroid dienone is 1. The Morgan fingerprint density at radius 2 is 1.83 bits per heavy atom. The average molecular weight is 446 g/mol. The van der Waals surface area contributed by atoms with Crippen molar-refractivity contribution in [3.63, 3.8) is 0 Å². The van der Waals surface area contributed by atoms with Gasteiger partial charge in [-0.3, -0.25) is 14.4 Å². The molecule has 1 aromatic rings. The molecule has 8 nitrogen and oxygen atoms in total. The van der Waals surface area contributed by atoms with E-state index in [1.807, 2.05) is 0 Å². The summed E-state index contributed by atoms with van der Waals surface area (Å²) in [6, 6.07) is 1.51. The third-order valence-corrected chi connectivity index (χ3v) is 7.92. The number of piperazine rings is 1. The summed E-state index contributed by atoms with van der Waals surface area (Å²) in [6.45, 7) is 10.4. The van der Waals surface area contributed by atoms with E-state index in [1.54, 1.807) is 40.2 Å². The van der Waals surface area contributed by atoms with Crippen LogP contribution in [0.1, 0.15) is 45.7 Å². The van der Waals surface area contributed by atoms with Crippen molar-refractivity contribution in [1.29, 1.82) is 5.26 Å². The number of rotatable bonds is 4. The molecule has 2 saturated heterocycles. The second kappa shape index (κ2) is 7.39. The Morgan fingerprint density at radius 1 is 1.23 bits per heavy atom. The van der Waals surface area contributed by atoms with Gasteiger partial charge in [-0.1, -0.05) is 18.3 Å². The van der Waals surface area contributed by atoms with Crippen LogP contribution in [-0.4, -0.2) is 53.5 Å². The van der Waals surface area contributed by atoms with E-state index in [9.17, 15) is 19.6 Å². The molecule has 2 aliphatic rings. The number of likely N-dealkylation sites (N-methyl/N-ethyl adjacent to an activating group) is 1. The number of amides is 2. The van der Waals surface area contributed by atoms with Crippen LogP contribution in [0, 0.1) is 16.7 Å². The maximum Gasteiger partial charge on any atom is 0.261 e. The first-order valence-corrected chi connectivity index (χ1v) is 10.9. The van der Waals surface area contributed by atoms with Crippen LogP contribution in [0.4, 0.5) is 0 Å². The average Bonchev–Trinajstić information content (AvgIpc) is 2.94. The van der Waals surface area contributed by atoms with Crippen LogP contribution in [0.15, 0.2) is 30.2 Å². The summed E-state index contributed by atoms with van der Waals surface area (Å²) in [6.07, 6.45) is 4.46. The molecular formula is C20H23N5O3S2. The molecule has 1 aromatic heterocycles. The van der Waals surface area contributed by atoms with Crippen molar-refractivity contribution in [1.82, 2.24) is 19.8 Å². The minimum atomic E-state index is -1.52. The van der Waals surface area contributed by atoms with E-state index in [2.05, 4.69) is 22.6 Å². The largest absolute Gasteiger partial charge is 0.320 e. The fourth-order valence-corrected chi connectivity index (χ4v) is 6.79. The van der Waals surface area contributed by atoms with E-state index < -0.39 is 21.2 Å². The molecule has 0 radical (unpaired) electrons. The summed E-state index contributed by atoms with van der Waals surface area (Å²) in [4.78, 5) is 48.8. The lowest BCUT2D eigenvalue weighted by molar-refractivity contribution is -0.163. The predicted molar refractivity (Wildman–Crippen MR) is 115 cm³/mol. The summed E-state index contributed by atoms with van der Waals surface area (Å²) in [5.74, 6) is -0.751. The standard InChI is InChI=1S/C20H23N5O3S2/c1-12(2)29-19(5)16(27)25-15(14-7-22-11-23-8-14)18(4,10-21)9-20(25,30-13(3)26)17(28)24(19)6/h7-8,11,15H,1,9H2,2-6H3/t15?,18-,19+,20+/m1/s1. The normalized spacial score (nSPS) is 33.3. The fraction of sp³-hybridized carbons (Fsp3) is 0.500. The number of aromatic nitrogens is 2. The zero-order valence-electron chi connectivity index (χ0n) is 17.5. The van der Waals surface area contributed by atoms with Gasteiger partial charge in [0.05, 0.1) is 17.5 Å². The van der Waals surface area contributed by atoms with Crippen LogP contribution in [0.2, 0.25) is 0 Å². The molecule has 0 bridgehead atoms. The van der Waals surface area contributed by atoms with E-state index in [0.717, 1.165) is 11.8 Å². The molecule has 0 saturated carbocycles. The van der Waals surface area contributed by atoms with E-state index >= 15 is 0 Å². The molecule has 10 heteroatoms. The highest BCUT2D eigenvalue weighted by Gasteiger charge is 2.71. The van der Waals surface area contributed by atoms with Crippen molar-refractivity contribution in [2.24, 2.45) is 5.41 Å². The van der Waals surface area contributed by atoms with Crippen molar-refractivity contribution in [3.05, 3.63) is 35.8 Å². The second-order valence-corrected chi connectivity index (χ2v) is 11.1. The fourth-order valence-electron chi connectivity index (χ4n) is 4.34. The highest BCUT2D eigenvalue weighted by molar-refractivity contribution is 8.15. The van der Waals surface area contributed by atoms with Crippen LogP contribution in [-0.2, 0) is 14.4 Å². The molecule has 0 N–H and O–H groups in total. The lowest BCUT2D eigenvalue weighted by Gasteiger charge is -2.52. The molecule has 158 valence electrons. The molecule has 1 unspecified atom stereocenters. The van der Waals surface area contributed by atoms with Gasteiger partial charge in [-0.15, -0.1) is 0 Å². The number of thioether (sulfide) groups is 2. The number of carbonyl (C=O) groups is 3. The van der Waals surface area contributed by atoms with Crippen molar-refractivity contribution < 1.29 is 14.4 Å². The second-order valence-electron chi connectivity index (χ2n) is 7.98. The molecule has 0 aliphatic carbocycles. The molecule has 0 aromatic carbocycles. The SMILES string of the molecule is C=C(C)S[C@@]1(C)C(=O)N2C(c3cncnc3)[C@@](C)(C#N)C[C@]2(SC(C)=O)C(=O)N1C.